The molecule has 3 aromatic rings. The number of hydrogen-bond acceptors (Lipinski definition) is 2. The predicted octanol–water partition coefficient (Wildman–Crippen LogP) is 5.00. The second-order valence-corrected chi connectivity index (χ2v) is 5.92. The Morgan fingerprint density at radius 1 is 1.00 bits per heavy atom. The van der Waals surface area contributed by atoms with Crippen molar-refractivity contribution in [1.29, 1.82) is 0 Å². The maximum Gasteiger partial charge on any atom is 0.125 e. The van der Waals surface area contributed by atoms with Crippen molar-refractivity contribution in [3.8, 4) is 0 Å². The molecule has 0 radical (unpaired) electrons. The lowest BCUT2D eigenvalue weighted by atomic mass is 9.93. The molecule has 23 heavy (non-hydrogen) atoms. The minimum atomic E-state index is -0.251. The van der Waals surface area contributed by atoms with Crippen LogP contribution in [0.15, 0.2) is 53.5 Å². The largest absolute Gasteiger partial charge is 0.255 e. The summed E-state index contributed by atoms with van der Waals surface area (Å²) in [7, 11) is 0. The zero-order valence-electron chi connectivity index (χ0n) is 12.8. The number of hydrogen-bond donors (Lipinski definition) is 0. The third-order valence-electron chi connectivity index (χ3n) is 4.34. The van der Waals surface area contributed by atoms with Crippen molar-refractivity contribution in [3.05, 3.63) is 71.2 Å². The summed E-state index contributed by atoms with van der Waals surface area (Å²) in [6.45, 7) is 0. The third kappa shape index (κ3) is 2.74. The van der Waals surface area contributed by atoms with Crippen molar-refractivity contribution >= 4 is 22.8 Å². The van der Waals surface area contributed by atoms with Gasteiger partial charge in [0.1, 0.15) is 5.82 Å². The van der Waals surface area contributed by atoms with Crippen LogP contribution >= 0.6 is 0 Å². The molecule has 1 aromatic heterocycles. The summed E-state index contributed by atoms with van der Waals surface area (Å²) in [6.07, 6.45) is 6.14. The molecule has 1 aliphatic rings. The highest BCUT2D eigenvalue weighted by atomic mass is 19.1. The molecule has 0 bridgehead atoms. The Labute approximate surface area is 134 Å². The molecule has 1 aliphatic carbocycles. The van der Waals surface area contributed by atoms with Gasteiger partial charge in [-0.2, -0.15) is 0 Å². The van der Waals surface area contributed by atoms with Crippen LogP contribution in [0.2, 0.25) is 0 Å². The number of rotatable bonds is 2. The first-order valence-corrected chi connectivity index (χ1v) is 8.01. The van der Waals surface area contributed by atoms with Crippen molar-refractivity contribution in [2.24, 2.45) is 4.99 Å². The summed E-state index contributed by atoms with van der Waals surface area (Å²) in [5, 5.41) is 0.930. The quantitative estimate of drug-likeness (QED) is 0.611. The molecule has 2 nitrogen and oxygen atoms in total. The van der Waals surface area contributed by atoms with Crippen molar-refractivity contribution < 1.29 is 4.39 Å². The Kier molecular flexibility index (Phi) is 3.62. The van der Waals surface area contributed by atoms with E-state index in [4.69, 9.17) is 4.99 Å². The number of aromatic nitrogens is 1. The van der Waals surface area contributed by atoms with Crippen LogP contribution < -0.4 is 0 Å². The molecule has 0 N–H and O–H groups in total. The fourth-order valence-corrected chi connectivity index (χ4v) is 3.20. The number of aryl methyl sites for hydroxylation is 1. The van der Waals surface area contributed by atoms with E-state index in [1.807, 2.05) is 36.5 Å². The number of pyridine rings is 1. The van der Waals surface area contributed by atoms with Gasteiger partial charge in [0.15, 0.2) is 0 Å². The SMILES string of the molecule is Fc1ccc2c(/N=C/c3ccccc3)c3c(nc2c1)CCCC3. The zero-order valence-corrected chi connectivity index (χ0v) is 12.8. The molecule has 114 valence electrons. The molecular formula is C20H17FN2. The van der Waals surface area contributed by atoms with E-state index in [1.165, 1.54) is 17.7 Å². The van der Waals surface area contributed by atoms with Crippen molar-refractivity contribution in [2.45, 2.75) is 25.7 Å². The molecule has 3 heteroatoms. The van der Waals surface area contributed by atoms with E-state index in [0.717, 1.165) is 48.0 Å². The van der Waals surface area contributed by atoms with E-state index in [2.05, 4.69) is 4.98 Å². The van der Waals surface area contributed by atoms with E-state index in [0.29, 0.717) is 5.52 Å². The molecule has 0 unspecified atom stereocenters. The van der Waals surface area contributed by atoms with E-state index in [9.17, 15) is 4.39 Å². The topological polar surface area (TPSA) is 25.2 Å². The molecule has 1 heterocycles. The zero-order chi connectivity index (χ0) is 15.6. The number of nitrogens with zero attached hydrogens (tertiary/aromatic N) is 2. The van der Waals surface area contributed by atoms with Crippen LogP contribution in [0.1, 0.15) is 29.7 Å². The predicted molar refractivity (Wildman–Crippen MR) is 92.0 cm³/mol. The average Bonchev–Trinajstić information content (AvgIpc) is 2.59. The molecule has 0 saturated heterocycles. The van der Waals surface area contributed by atoms with Gasteiger partial charge in [-0.1, -0.05) is 30.3 Å². The minimum Gasteiger partial charge on any atom is -0.255 e. The van der Waals surface area contributed by atoms with Gasteiger partial charge in [-0.25, -0.2) is 4.39 Å². The molecule has 0 atom stereocenters. The first kappa shape index (κ1) is 14.1. The standard InChI is InChI=1S/C20H17FN2/c21-15-10-11-17-19(12-15)23-18-9-5-4-8-16(18)20(17)22-13-14-6-2-1-3-7-14/h1-3,6-7,10-13H,4-5,8-9H2/b22-13+. The Balaban J connectivity index is 1.90. The highest BCUT2D eigenvalue weighted by Crippen LogP contribution is 2.35. The molecular weight excluding hydrogens is 287 g/mol. The Morgan fingerprint density at radius 3 is 2.70 bits per heavy atom. The third-order valence-corrected chi connectivity index (χ3v) is 4.34. The summed E-state index contributed by atoms with van der Waals surface area (Å²) in [5.41, 5.74) is 5.01. The first-order chi connectivity index (χ1) is 11.3. The average molecular weight is 304 g/mol. The highest BCUT2D eigenvalue weighted by molar-refractivity contribution is 5.95. The Morgan fingerprint density at radius 2 is 1.83 bits per heavy atom. The summed E-state index contributed by atoms with van der Waals surface area (Å²) in [5.74, 6) is -0.251. The smallest absolute Gasteiger partial charge is 0.125 e. The molecule has 4 rings (SSSR count). The molecule has 0 fully saturated rings. The van der Waals surface area contributed by atoms with Gasteiger partial charge in [-0.15, -0.1) is 0 Å². The lowest BCUT2D eigenvalue weighted by molar-refractivity contribution is 0.628. The van der Waals surface area contributed by atoms with Crippen molar-refractivity contribution in [2.75, 3.05) is 0 Å². The van der Waals surface area contributed by atoms with Crippen LogP contribution in [0.25, 0.3) is 10.9 Å². The summed E-state index contributed by atoms with van der Waals surface area (Å²) < 4.78 is 13.6. The van der Waals surface area contributed by atoms with Gasteiger partial charge in [-0.05, 0) is 48.9 Å². The van der Waals surface area contributed by atoms with E-state index >= 15 is 0 Å². The van der Waals surface area contributed by atoms with Crippen LogP contribution in [-0.4, -0.2) is 11.2 Å². The van der Waals surface area contributed by atoms with Crippen LogP contribution in [0, 0.1) is 5.82 Å². The molecule has 2 aromatic carbocycles. The molecule has 0 spiro atoms. The summed E-state index contributed by atoms with van der Waals surface area (Å²) >= 11 is 0. The second kappa shape index (κ2) is 5.92. The highest BCUT2D eigenvalue weighted by Gasteiger charge is 2.17. The summed E-state index contributed by atoms with van der Waals surface area (Å²) in [6, 6.07) is 14.8. The lowest BCUT2D eigenvalue weighted by Crippen LogP contribution is -2.06. The van der Waals surface area contributed by atoms with Crippen LogP contribution in [0.4, 0.5) is 10.1 Å². The Hall–Kier alpha value is -2.55. The second-order valence-electron chi connectivity index (χ2n) is 5.92. The van der Waals surface area contributed by atoms with Gasteiger partial charge < -0.3 is 0 Å². The number of aliphatic imine (C=N–C) groups is 1. The molecule has 0 saturated carbocycles. The lowest BCUT2D eigenvalue weighted by Gasteiger charge is -2.18. The van der Waals surface area contributed by atoms with E-state index < -0.39 is 0 Å². The number of benzene rings is 2. The van der Waals surface area contributed by atoms with Gasteiger partial charge in [-0.3, -0.25) is 9.98 Å². The van der Waals surface area contributed by atoms with Crippen molar-refractivity contribution in [3.63, 3.8) is 0 Å². The van der Waals surface area contributed by atoms with Crippen LogP contribution in [0.3, 0.4) is 0 Å². The maximum absolute atomic E-state index is 13.6. The normalized spacial score (nSPS) is 14.3. The van der Waals surface area contributed by atoms with Gasteiger partial charge in [0.2, 0.25) is 0 Å². The maximum atomic E-state index is 13.6. The fraction of sp³-hybridized carbons (Fsp3) is 0.200. The van der Waals surface area contributed by atoms with Crippen LogP contribution in [-0.2, 0) is 12.8 Å². The molecule has 0 aliphatic heterocycles. The van der Waals surface area contributed by atoms with Gasteiger partial charge in [0.05, 0.1) is 11.2 Å². The van der Waals surface area contributed by atoms with Crippen LogP contribution in [0.5, 0.6) is 0 Å². The summed E-state index contributed by atoms with van der Waals surface area (Å²) in [4.78, 5) is 9.44. The van der Waals surface area contributed by atoms with Gasteiger partial charge in [0, 0.05) is 23.4 Å². The first-order valence-electron chi connectivity index (χ1n) is 8.01. The Bertz CT molecular complexity index is 885. The fourth-order valence-electron chi connectivity index (χ4n) is 3.20. The van der Waals surface area contributed by atoms with Gasteiger partial charge in [0.25, 0.3) is 0 Å². The molecule has 0 amide bonds. The minimum absolute atomic E-state index is 0.251. The number of fused-ring (bicyclic) bond motifs is 2. The van der Waals surface area contributed by atoms with E-state index in [-0.39, 0.29) is 5.82 Å². The van der Waals surface area contributed by atoms with Gasteiger partial charge >= 0.3 is 0 Å². The number of halogens is 1. The monoisotopic (exact) mass is 304 g/mol. The van der Waals surface area contributed by atoms with E-state index in [1.54, 1.807) is 6.07 Å². The van der Waals surface area contributed by atoms with Crippen molar-refractivity contribution in [1.82, 2.24) is 4.98 Å².